The van der Waals surface area contributed by atoms with Gasteiger partial charge in [0.05, 0.1) is 34.5 Å². The molecule has 0 unspecified atom stereocenters. The van der Waals surface area contributed by atoms with Crippen LogP contribution < -0.4 is 14.2 Å². The molecule has 6 rings (SSSR count). The van der Waals surface area contributed by atoms with Crippen LogP contribution in [0.2, 0.25) is 5.02 Å². The highest BCUT2D eigenvalue weighted by molar-refractivity contribution is 6.32. The smallest absolute Gasteiger partial charge is 0.246 e. The van der Waals surface area contributed by atoms with Gasteiger partial charge in [0.15, 0.2) is 5.75 Å². The van der Waals surface area contributed by atoms with Crippen molar-refractivity contribution in [3.05, 3.63) is 159 Å². The van der Waals surface area contributed by atoms with Crippen LogP contribution in [0.25, 0.3) is 12.2 Å². The number of aryl methyl sites for hydroxylation is 1. The molecule has 1 aromatic heterocycles. The van der Waals surface area contributed by atoms with Crippen LogP contribution in [0.3, 0.4) is 0 Å². The average Bonchev–Trinajstić information content (AvgIpc) is 3.21. The van der Waals surface area contributed by atoms with Crippen molar-refractivity contribution in [2.75, 3.05) is 32.8 Å². The maximum Gasteiger partial charge on any atom is 0.246 e. The lowest BCUT2D eigenvalue weighted by atomic mass is 10.1. The van der Waals surface area contributed by atoms with Crippen molar-refractivity contribution in [1.29, 1.82) is 10.5 Å². The number of nitrogens with zero attached hydrogens (tertiary/aromatic N) is 5. The topological polar surface area (TPSA) is 112 Å². The highest BCUT2D eigenvalue weighted by Crippen LogP contribution is 2.34. The van der Waals surface area contributed by atoms with E-state index >= 15 is 0 Å². The first kappa shape index (κ1) is 40.1. The standard InChI is InChI=1S/C44H38ClN5O4.ClH/c1-32-25-38(26-41(45)44(32)54-42-18-17-40(29-48-42)53-31-37-10-6-34(27-46)7-11-37)14-19-43(51)50-22-20-49(21-23-50)30-36-8-4-33(5-9-36)3-2-24-52-39-15-12-35(28-47)13-16-39;/h2-19,25-26,29H,20-24,30-31H2,1H3;1H/b3-2+,19-14+;. The number of halogens is 2. The molecule has 0 radical (unpaired) electrons. The molecule has 0 N–H and O–H groups in total. The van der Waals surface area contributed by atoms with E-state index in [0.717, 1.165) is 47.6 Å². The molecule has 1 saturated heterocycles. The number of carbonyl (C=O) groups is 1. The molecule has 0 aliphatic carbocycles. The molecule has 0 spiro atoms. The molecular weight excluding hydrogens is 733 g/mol. The maximum absolute atomic E-state index is 13.1. The zero-order valence-electron chi connectivity index (χ0n) is 30.2. The number of pyridine rings is 1. The molecule has 11 heteroatoms. The molecule has 0 atom stereocenters. The van der Waals surface area contributed by atoms with Crippen molar-refractivity contribution in [3.63, 3.8) is 0 Å². The number of hydrogen-bond acceptors (Lipinski definition) is 8. The second kappa shape index (κ2) is 19.8. The number of benzene rings is 4. The molecule has 1 fully saturated rings. The van der Waals surface area contributed by atoms with E-state index < -0.39 is 0 Å². The highest BCUT2D eigenvalue weighted by Gasteiger charge is 2.20. The summed E-state index contributed by atoms with van der Waals surface area (Å²) in [6.07, 6.45) is 8.96. The van der Waals surface area contributed by atoms with Crippen LogP contribution in [0, 0.1) is 29.6 Å². The van der Waals surface area contributed by atoms with Crippen molar-refractivity contribution in [2.24, 2.45) is 0 Å². The summed E-state index contributed by atoms with van der Waals surface area (Å²) in [4.78, 5) is 21.6. The number of amides is 1. The van der Waals surface area contributed by atoms with Crippen molar-refractivity contribution in [3.8, 4) is 35.3 Å². The molecule has 278 valence electrons. The van der Waals surface area contributed by atoms with Crippen LogP contribution in [0.1, 0.15) is 38.9 Å². The molecule has 55 heavy (non-hydrogen) atoms. The van der Waals surface area contributed by atoms with E-state index in [4.69, 9.17) is 36.3 Å². The summed E-state index contributed by atoms with van der Waals surface area (Å²) in [5.41, 5.74) is 6.08. The van der Waals surface area contributed by atoms with Gasteiger partial charge in [-0.1, -0.05) is 54.1 Å². The summed E-state index contributed by atoms with van der Waals surface area (Å²) in [6, 6.07) is 34.1. The van der Waals surface area contributed by atoms with Crippen LogP contribution in [0.15, 0.2) is 115 Å². The van der Waals surface area contributed by atoms with Crippen molar-refractivity contribution >= 4 is 42.1 Å². The first-order valence-corrected chi connectivity index (χ1v) is 17.9. The molecule has 4 aromatic carbocycles. The molecule has 0 saturated carbocycles. The van der Waals surface area contributed by atoms with E-state index in [1.807, 2.05) is 42.2 Å². The van der Waals surface area contributed by atoms with Gasteiger partial charge in [-0.3, -0.25) is 9.69 Å². The minimum atomic E-state index is -0.0336. The fraction of sp³-hybridized carbons (Fsp3) is 0.182. The van der Waals surface area contributed by atoms with Crippen LogP contribution >= 0.6 is 24.0 Å². The van der Waals surface area contributed by atoms with E-state index in [2.05, 4.69) is 46.3 Å². The molecule has 2 heterocycles. The van der Waals surface area contributed by atoms with E-state index in [1.54, 1.807) is 72.9 Å². The summed E-state index contributed by atoms with van der Waals surface area (Å²) in [5.74, 6) is 2.14. The molecule has 1 aliphatic rings. The maximum atomic E-state index is 13.1. The lowest BCUT2D eigenvalue weighted by Gasteiger charge is -2.34. The Labute approximate surface area is 332 Å². The van der Waals surface area contributed by atoms with Gasteiger partial charge in [-0.15, -0.1) is 12.4 Å². The molecule has 9 nitrogen and oxygen atoms in total. The van der Waals surface area contributed by atoms with Gasteiger partial charge in [0.1, 0.15) is 24.7 Å². The Morgan fingerprint density at radius 3 is 2.09 bits per heavy atom. The highest BCUT2D eigenvalue weighted by atomic mass is 35.5. The normalized spacial score (nSPS) is 12.8. The largest absolute Gasteiger partial charge is 0.490 e. The fourth-order valence-electron chi connectivity index (χ4n) is 5.79. The Kier molecular flexibility index (Phi) is 14.5. The zero-order valence-corrected chi connectivity index (χ0v) is 31.8. The number of piperazine rings is 1. The summed E-state index contributed by atoms with van der Waals surface area (Å²) in [5, 5.41) is 18.3. The summed E-state index contributed by atoms with van der Waals surface area (Å²) < 4.78 is 17.5. The van der Waals surface area contributed by atoms with E-state index in [9.17, 15) is 4.79 Å². The van der Waals surface area contributed by atoms with Gasteiger partial charge < -0.3 is 19.1 Å². The first-order valence-electron chi connectivity index (χ1n) is 17.5. The monoisotopic (exact) mass is 771 g/mol. The predicted octanol–water partition coefficient (Wildman–Crippen LogP) is 9.03. The van der Waals surface area contributed by atoms with Gasteiger partial charge in [0.25, 0.3) is 0 Å². The van der Waals surface area contributed by atoms with Crippen LogP contribution in [-0.4, -0.2) is 53.5 Å². The Balaban J connectivity index is 0.00000580. The van der Waals surface area contributed by atoms with E-state index in [0.29, 0.717) is 59.8 Å². The van der Waals surface area contributed by atoms with Gasteiger partial charge in [-0.2, -0.15) is 10.5 Å². The van der Waals surface area contributed by atoms with Crippen molar-refractivity contribution in [2.45, 2.75) is 20.1 Å². The second-order valence-corrected chi connectivity index (χ2v) is 13.1. The lowest BCUT2D eigenvalue weighted by Crippen LogP contribution is -2.47. The molecule has 5 aromatic rings. The third-order valence-electron chi connectivity index (χ3n) is 8.78. The van der Waals surface area contributed by atoms with Gasteiger partial charge in [0, 0.05) is 44.9 Å². The van der Waals surface area contributed by atoms with E-state index in [1.165, 1.54) is 5.56 Å². The Bertz CT molecular complexity index is 2160. The number of ether oxygens (including phenoxy) is 3. The number of carbonyl (C=O) groups excluding carboxylic acids is 1. The quantitative estimate of drug-likeness (QED) is 0.109. The SMILES string of the molecule is Cc1cc(/C=C/C(=O)N2CCN(Cc3ccc(/C=C/COc4ccc(C#N)cc4)cc3)CC2)cc(Cl)c1Oc1ccc(OCc2ccc(C#N)cc2)cn1.Cl. The predicted molar refractivity (Wildman–Crippen MR) is 216 cm³/mol. The number of nitriles is 2. The Morgan fingerprint density at radius 1 is 0.800 bits per heavy atom. The van der Waals surface area contributed by atoms with Crippen LogP contribution in [0.5, 0.6) is 23.1 Å². The molecule has 1 amide bonds. The van der Waals surface area contributed by atoms with Gasteiger partial charge in [-0.25, -0.2) is 4.98 Å². The Morgan fingerprint density at radius 2 is 1.45 bits per heavy atom. The van der Waals surface area contributed by atoms with Gasteiger partial charge in [0.2, 0.25) is 11.8 Å². The molecule has 1 aliphatic heterocycles. The number of rotatable bonds is 13. The summed E-state index contributed by atoms with van der Waals surface area (Å²) in [7, 11) is 0. The minimum absolute atomic E-state index is 0. The number of aromatic nitrogens is 1. The van der Waals surface area contributed by atoms with Crippen LogP contribution in [0.4, 0.5) is 0 Å². The van der Waals surface area contributed by atoms with Gasteiger partial charge >= 0.3 is 0 Å². The van der Waals surface area contributed by atoms with Crippen LogP contribution in [-0.2, 0) is 17.9 Å². The fourth-order valence-corrected chi connectivity index (χ4v) is 6.10. The van der Waals surface area contributed by atoms with E-state index in [-0.39, 0.29) is 18.3 Å². The van der Waals surface area contributed by atoms with Gasteiger partial charge in [-0.05, 0) is 101 Å². The summed E-state index contributed by atoms with van der Waals surface area (Å²) in [6.45, 7) is 6.41. The molecule has 0 bridgehead atoms. The minimum Gasteiger partial charge on any atom is -0.490 e. The average molecular weight is 773 g/mol. The zero-order chi connectivity index (χ0) is 37.7. The van der Waals surface area contributed by atoms with Crippen molar-refractivity contribution in [1.82, 2.24) is 14.8 Å². The third-order valence-corrected chi connectivity index (χ3v) is 9.06. The third kappa shape index (κ3) is 11.7. The molecular formula is C44H39Cl2N5O4. The lowest BCUT2D eigenvalue weighted by molar-refractivity contribution is -0.127. The van der Waals surface area contributed by atoms with Crippen molar-refractivity contribution < 1.29 is 19.0 Å². The second-order valence-electron chi connectivity index (χ2n) is 12.7. The number of hydrogen-bond donors (Lipinski definition) is 0. The first-order chi connectivity index (χ1) is 26.3. The summed E-state index contributed by atoms with van der Waals surface area (Å²) >= 11 is 6.62. The Hall–Kier alpha value is -6.10.